The second-order valence-electron chi connectivity index (χ2n) is 9.74. The maximum Gasteiger partial charge on any atom is 0.132 e. The van der Waals surface area contributed by atoms with E-state index in [1.165, 1.54) is 49.7 Å². The third-order valence-electron chi connectivity index (χ3n) is 7.98. The number of aromatic amines is 1. The summed E-state index contributed by atoms with van der Waals surface area (Å²) in [5, 5.41) is 3.57. The van der Waals surface area contributed by atoms with Crippen molar-refractivity contribution in [1.82, 2.24) is 20.3 Å². The fourth-order valence-electron chi connectivity index (χ4n) is 7.15. The lowest BCUT2D eigenvalue weighted by Gasteiger charge is -2.54. The van der Waals surface area contributed by atoms with Crippen LogP contribution in [0.4, 0.5) is 0 Å². The number of nitrogens with zero attached hydrogens (tertiary/aromatic N) is 2. The Morgan fingerprint density at radius 3 is 2.36 bits per heavy atom. The fraction of sp³-hybridized carbons (Fsp3) is 0.727. The molecule has 2 aromatic heterocycles. The Hall–Kier alpha value is -1.17. The summed E-state index contributed by atoms with van der Waals surface area (Å²) in [5.41, 5.74) is 3.74. The van der Waals surface area contributed by atoms with Gasteiger partial charge in [-0.05, 0) is 88.2 Å². The Balaban J connectivity index is 0.000000961. The van der Waals surface area contributed by atoms with E-state index in [9.17, 15) is 0 Å². The second kappa shape index (κ2) is 7.58. The summed E-state index contributed by atoms with van der Waals surface area (Å²) in [6.45, 7) is 3.38. The number of H-pyrrole nitrogens is 1. The highest BCUT2D eigenvalue weighted by molar-refractivity contribution is 5.85. The molecular weight excluding hydrogens is 372 g/mol. The van der Waals surface area contributed by atoms with Gasteiger partial charge in [-0.3, -0.25) is 0 Å². The molecule has 0 aromatic carbocycles. The highest BCUT2D eigenvalue weighted by Crippen LogP contribution is 2.60. The Kier molecular flexibility index (Phi) is 5.45. The first kappa shape index (κ1) is 20.1. The SMILES string of the molecule is CC1CC(c2nc(C3C4CC5CC(C4)CC3C5)c3[nH]ccc3n2)CCN1.Cl.O. The minimum absolute atomic E-state index is 0. The first-order chi connectivity index (χ1) is 12.7. The maximum absolute atomic E-state index is 5.31. The van der Waals surface area contributed by atoms with Gasteiger partial charge in [0, 0.05) is 24.1 Å². The van der Waals surface area contributed by atoms with Gasteiger partial charge in [-0.2, -0.15) is 0 Å². The molecule has 154 valence electrons. The minimum Gasteiger partial charge on any atom is -0.412 e. The second-order valence-corrected chi connectivity index (χ2v) is 9.74. The average Bonchev–Trinajstić information content (AvgIpc) is 3.09. The van der Waals surface area contributed by atoms with Crippen LogP contribution in [0.25, 0.3) is 11.0 Å². The third kappa shape index (κ3) is 3.16. The van der Waals surface area contributed by atoms with Crippen molar-refractivity contribution in [2.45, 2.75) is 69.7 Å². The summed E-state index contributed by atoms with van der Waals surface area (Å²) in [4.78, 5) is 13.8. The predicted molar refractivity (Wildman–Crippen MR) is 114 cm³/mol. The van der Waals surface area contributed by atoms with Crippen molar-refractivity contribution < 1.29 is 5.48 Å². The first-order valence-corrected chi connectivity index (χ1v) is 10.8. The predicted octanol–water partition coefficient (Wildman–Crippen LogP) is 3.95. The number of fused-ring (bicyclic) bond motifs is 1. The van der Waals surface area contributed by atoms with E-state index in [2.05, 4.69) is 29.5 Å². The van der Waals surface area contributed by atoms with Crippen LogP contribution in [0.1, 0.15) is 75.2 Å². The van der Waals surface area contributed by atoms with Crippen molar-refractivity contribution in [3.8, 4) is 0 Å². The van der Waals surface area contributed by atoms with Crippen LogP contribution in [-0.2, 0) is 0 Å². The van der Waals surface area contributed by atoms with Gasteiger partial charge in [0.1, 0.15) is 5.82 Å². The highest BCUT2D eigenvalue weighted by atomic mass is 35.5. The van der Waals surface area contributed by atoms with Gasteiger partial charge in [-0.1, -0.05) is 0 Å². The van der Waals surface area contributed by atoms with Gasteiger partial charge in [0.15, 0.2) is 0 Å². The summed E-state index contributed by atoms with van der Waals surface area (Å²) in [5.74, 6) is 6.07. The van der Waals surface area contributed by atoms with E-state index in [0.29, 0.717) is 17.9 Å². The summed E-state index contributed by atoms with van der Waals surface area (Å²) in [6.07, 6.45) is 11.7. The van der Waals surface area contributed by atoms with E-state index in [4.69, 9.17) is 9.97 Å². The van der Waals surface area contributed by atoms with E-state index >= 15 is 0 Å². The van der Waals surface area contributed by atoms with Crippen LogP contribution < -0.4 is 5.32 Å². The van der Waals surface area contributed by atoms with Crippen molar-refractivity contribution >= 4 is 23.4 Å². The van der Waals surface area contributed by atoms with Gasteiger partial charge >= 0.3 is 0 Å². The molecule has 2 unspecified atom stereocenters. The number of nitrogens with one attached hydrogen (secondary N) is 2. The van der Waals surface area contributed by atoms with E-state index in [1.807, 2.05) is 0 Å². The molecule has 5 fully saturated rings. The zero-order chi connectivity index (χ0) is 17.3. The lowest BCUT2D eigenvalue weighted by Crippen LogP contribution is -2.44. The number of aromatic nitrogens is 3. The molecule has 6 heteroatoms. The molecule has 2 atom stereocenters. The van der Waals surface area contributed by atoms with Gasteiger partial charge in [-0.15, -0.1) is 12.4 Å². The molecule has 0 amide bonds. The van der Waals surface area contributed by atoms with Gasteiger partial charge in [0.05, 0.1) is 16.7 Å². The summed E-state index contributed by atoms with van der Waals surface area (Å²) in [7, 11) is 0. The van der Waals surface area contributed by atoms with Crippen LogP contribution in [0.5, 0.6) is 0 Å². The largest absolute Gasteiger partial charge is 0.412 e. The van der Waals surface area contributed by atoms with Gasteiger partial charge < -0.3 is 15.8 Å². The number of rotatable bonds is 2. The minimum atomic E-state index is 0. The monoisotopic (exact) mass is 404 g/mol. The Morgan fingerprint density at radius 1 is 0.964 bits per heavy atom. The normalized spacial score (nSPS) is 38.8. The van der Waals surface area contributed by atoms with E-state index in [1.54, 1.807) is 0 Å². The Labute approximate surface area is 173 Å². The third-order valence-corrected chi connectivity index (χ3v) is 7.98. The molecule has 4 bridgehead atoms. The van der Waals surface area contributed by atoms with Gasteiger partial charge in [-0.25, -0.2) is 9.97 Å². The van der Waals surface area contributed by atoms with E-state index in [-0.39, 0.29) is 17.9 Å². The molecule has 5 aliphatic rings. The summed E-state index contributed by atoms with van der Waals surface area (Å²) >= 11 is 0. The van der Waals surface area contributed by atoms with Gasteiger partial charge in [0.2, 0.25) is 0 Å². The van der Waals surface area contributed by atoms with Crippen molar-refractivity contribution in [2.24, 2.45) is 23.7 Å². The molecule has 3 heterocycles. The molecule has 4 saturated carbocycles. The number of halogens is 1. The van der Waals surface area contributed by atoms with Crippen molar-refractivity contribution in [3.63, 3.8) is 0 Å². The van der Waals surface area contributed by atoms with Crippen molar-refractivity contribution in [1.29, 1.82) is 0 Å². The maximum atomic E-state index is 5.31. The first-order valence-electron chi connectivity index (χ1n) is 10.8. The number of hydrogen-bond acceptors (Lipinski definition) is 3. The zero-order valence-corrected chi connectivity index (χ0v) is 17.5. The summed E-state index contributed by atoms with van der Waals surface area (Å²) in [6, 6.07) is 2.73. The van der Waals surface area contributed by atoms with Crippen molar-refractivity contribution in [2.75, 3.05) is 6.54 Å². The highest BCUT2D eigenvalue weighted by Gasteiger charge is 2.49. The molecule has 0 radical (unpaired) electrons. The topological polar surface area (TPSA) is 85.1 Å². The quantitative estimate of drug-likeness (QED) is 0.794. The molecule has 1 aliphatic heterocycles. The van der Waals surface area contributed by atoms with Crippen LogP contribution in [0.2, 0.25) is 0 Å². The lowest BCUT2D eigenvalue weighted by atomic mass is 9.51. The molecule has 28 heavy (non-hydrogen) atoms. The Bertz CT molecular complexity index is 809. The summed E-state index contributed by atoms with van der Waals surface area (Å²) < 4.78 is 0. The smallest absolute Gasteiger partial charge is 0.132 e. The number of hydrogen-bond donors (Lipinski definition) is 2. The number of piperidine rings is 1. The fourth-order valence-corrected chi connectivity index (χ4v) is 7.15. The zero-order valence-electron chi connectivity index (χ0n) is 16.7. The van der Waals surface area contributed by atoms with Crippen LogP contribution in [0.3, 0.4) is 0 Å². The molecule has 2 aromatic rings. The van der Waals surface area contributed by atoms with Crippen molar-refractivity contribution in [3.05, 3.63) is 23.8 Å². The molecule has 0 spiro atoms. The van der Waals surface area contributed by atoms with Crippen LogP contribution in [0.15, 0.2) is 12.3 Å². The van der Waals surface area contributed by atoms with Gasteiger partial charge in [0.25, 0.3) is 0 Å². The van der Waals surface area contributed by atoms with Crippen LogP contribution in [-0.4, -0.2) is 33.0 Å². The molecule has 1 saturated heterocycles. The molecular formula is C22H33ClN4O. The molecule has 5 nitrogen and oxygen atoms in total. The molecule has 4 N–H and O–H groups in total. The Morgan fingerprint density at radius 2 is 1.68 bits per heavy atom. The van der Waals surface area contributed by atoms with E-state index in [0.717, 1.165) is 48.0 Å². The standard InChI is InChI=1S/C22H30N4.ClH.H2O/c1-12-6-15(2-4-23-12)22-25-18-3-5-24-20(18)21(26-22)19-16-8-13-7-14(10-16)11-17(19)9-13;;/h3,5,12-17,19,23-24H,2,4,6-11H2,1H3;1H;1H2. The molecule has 4 aliphatic carbocycles. The van der Waals surface area contributed by atoms with Crippen LogP contribution >= 0.6 is 12.4 Å². The van der Waals surface area contributed by atoms with Crippen LogP contribution in [0, 0.1) is 23.7 Å². The molecule has 7 rings (SSSR count). The van der Waals surface area contributed by atoms with E-state index < -0.39 is 0 Å². The lowest BCUT2D eigenvalue weighted by molar-refractivity contribution is -0.00381. The average molecular weight is 405 g/mol.